The molecule has 0 bridgehead atoms. The molecule has 5 nitrogen and oxygen atoms in total. The van der Waals surface area contributed by atoms with Crippen LogP contribution in [0.5, 0.6) is 5.75 Å². The first-order valence-electron chi connectivity index (χ1n) is 8.04. The molecule has 6 heteroatoms. The molecule has 0 atom stereocenters. The van der Waals surface area contributed by atoms with Gasteiger partial charge in [0, 0.05) is 31.4 Å². The average Bonchev–Trinajstić information content (AvgIpc) is 2.58. The second-order valence-electron chi connectivity index (χ2n) is 6.24. The lowest BCUT2D eigenvalue weighted by Crippen LogP contribution is -2.47. The van der Waals surface area contributed by atoms with E-state index in [1.807, 2.05) is 0 Å². The van der Waals surface area contributed by atoms with Crippen LogP contribution in [0.25, 0.3) is 0 Å². The highest BCUT2D eigenvalue weighted by molar-refractivity contribution is 5.23. The molecule has 1 aromatic heterocycles. The Morgan fingerprint density at radius 1 is 1.21 bits per heavy atom. The molecule has 24 heavy (non-hydrogen) atoms. The largest absolute Gasteiger partial charge is 0.488 e. The molecule has 0 unspecified atom stereocenters. The molecule has 3 rings (SSSR count). The molecular weight excluding hydrogens is 311 g/mol. The number of aliphatic hydroxyl groups is 1. The molecule has 2 N–H and O–H groups in total. The third kappa shape index (κ3) is 4.01. The lowest BCUT2D eigenvalue weighted by molar-refractivity contribution is -0.0544. The van der Waals surface area contributed by atoms with E-state index in [0.717, 1.165) is 0 Å². The van der Waals surface area contributed by atoms with Gasteiger partial charge in [-0.25, -0.2) is 4.39 Å². The zero-order chi connectivity index (χ0) is 17.0. The van der Waals surface area contributed by atoms with Crippen molar-refractivity contribution in [2.24, 2.45) is 0 Å². The van der Waals surface area contributed by atoms with Crippen LogP contribution in [0.2, 0.25) is 0 Å². The van der Waals surface area contributed by atoms with Crippen molar-refractivity contribution < 1.29 is 14.2 Å². The molecule has 1 aliphatic rings. The number of likely N-dealkylation sites (tertiary alicyclic amines) is 1. The molecule has 1 fully saturated rings. The predicted octanol–water partition coefficient (Wildman–Crippen LogP) is 1.92. The van der Waals surface area contributed by atoms with Crippen LogP contribution in [0, 0.1) is 5.82 Å². The minimum atomic E-state index is -0.970. The fourth-order valence-electron chi connectivity index (χ4n) is 2.87. The third-order valence-electron chi connectivity index (χ3n) is 4.41. The zero-order valence-electron chi connectivity index (χ0n) is 13.4. The van der Waals surface area contributed by atoms with E-state index in [4.69, 9.17) is 4.74 Å². The summed E-state index contributed by atoms with van der Waals surface area (Å²) in [5.41, 5.74) is -0.339. The highest BCUT2D eigenvalue weighted by atomic mass is 19.1. The van der Waals surface area contributed by atoms with Crippen LogP contribution < -0.4 is 10.3 Å². The second kappa shape index (κ2) is 7.15. The summed E-state index contributed by atoms with van der Waals surface area (Å²) < 4.78 is 19.0. The molecule has 2 heterocycles. The number of halogens is 1. The summed E-state index contributed by atoms with van der Waals surface area (Å²) in [6.45, 7) is 1.94. The van der Waals surface area contributed by atoms with Gasteiger partial charge in [0.15, 0.2) is 11.6 Å². The average molecular weight is 332 g/mol. The predicted molar refractivity (Wildman–Crippen MR) is 88.4 cm³/mol. The van der Waals surface area contributed by atoms with E-state index in [1.54, 1.807) is 36.5 Å². The van der Waals surface area contributed by atoms with Crippen LogP contribution in [0.1, 0.15) is 18.4 Å². The summed E-state index contributed by atoms with van der Waals surface area (Å²) in [7, 11) is 0. The zero-order valence-corrected chi connectivity index (χ0v) is 13.4. The van der Waals surface area contributed by atoms with Crippen LogP contribution in [-0.4, -0.2) is 40.3 Å². The van der Waals surface area contributed by atoms with E-state index in [-0.39, 0.29) is 17.9 Å². The molecule has 0 saturated carbocycles. The lowest BCUT2D eigenvalue weighted by Gasteiger charge is -2.37. The summed E-state index contributed by atoms with van der Waals surface area (Å²) in [6, 6.07) is 9.79. The Kier molecular flexibility index (Phi) is 4.97. The number of nitrogens with one attached hydrogen (secondary N) is 1. The molecule has 1 aromatic carbocycles. The van der Waals surface area contributed by atoms with Crippen molar-refractivity contribution in [2.45, 2.75) is 25.0 Å². The smallest absolute Gasteiger partial charge is 0.252 e. The normalized spacial score (nSPS) is 17.6. The number of hydrogen-bond donors (Lipinski definition) is 2. The Bertz CT molecular complexity index is 739. The first kappa shape index (κ1) is 16.7. The minimum Gasteiger partial charge on any atom is -0.488 e. The summed E-state index contributed by atoms with van der Waals surface area (Å²) in [4.78, 5) is 16.5. The van der Waals surface area contributed by atoms with Gasteiger partial charge in [0.25, 0.3) is 5.56 Å². The number of benzene rings is 1. The van der Waals surface area contributed by atoms with Gasteiger partial charge in [0.05, 0.1) is 0 Å². The number of piperidine rings is 1. The number of pyridine rings is 1. The van der Waals surface area contributed by atoms with E-state index in [0.29, 0.717) is 38.0 Å². The first-order valence-corrected chi connectivity index (χ1v) is 8.04. The summed E-state index contributed by atoms with van der Waals surface area (Å²) >= 11 is 0. The molecule has 1 saturated heterocycles. The van der Waals surface area contributed by atoms with Crippen molar-refractivity contribution in [2.75, 3.05) is 19.7 Å². The quantitative estimate of drug-likeness (QED) is 0.878. The van der Waals surface area contributed by atoms with Gasteiger partial charge in [-0.2, -0.15) is 0 Å². The van der Waals surface area contributed by atoms with Crippen molar-refractivity contribution in [3.8, 4) is 5.75 Å². The van der Waals surface area contributed by atoms with Gasteiger partial charge < -0.3 is 14.8 Å². The molecule has 0 amide bonds. The monoisotopic (exact) mass is 332 g/mol. The van der Waals surface area contributed by atoms with Crippen molar-refractivity contribution in [1.82, 2.24) is 9.88 Å². The minimum absolute atomic E-state index is 0.0632. The van der Waals surface area contributed by atoms with Crippen LogP contribution in [0.4, 0.5) is 4.39 Å². The Labute approximate surface area is 139 Å². The number of aromatic amines is 1. The maximum absolute atomic E-state index is 13.6. The Balaban J connectivity index is 1.53. The SMILES string of the molecule is O=c1[nH]cccc1CN1CCC(O)(COc2ccccc2F)CC1. The van der Waals surface area contributed by atoms with E-state index >= 15 is 0 Å². The molecular formula is C18H21FN2O3. The first-order chi connectivity index (χ1) is 11.6. The Morgan fingerprint density at radius 3 is 2.67 bits per heavy atom. The fraction of sp³-hybridized carbons (Fsp3) is 0.389. The van der Waals surface area contributed by atoms with Crippen molar-refractivity contribution in [1.29, 1.82) is 0 Å². The number of ether oxygens (including phenoxy) is 1. The number of rotatable bonds is 5. The number of H-pyrrole nitrogens is 1. The van der Waals surface area contributed by atoms with E-state index in [2.05, 4.69) is 9.88 Å². The van der Waals surface area contributed by atoms with Crippen LogP contribution in [0.3, 0.4) is 0 Å². The van der Waals surface area contributed by atoms with Gasteiger partial charge in [-0.3, -0.25) is 9.69 Å². The topological polar surface area (TPSA) is 65.6 Å². The molecule has 2 aromatic rings. The second-order valence-corrected chi connectivity index (χ2v) is 6.24. The van der Waals surface area contributed by atoms with Gasteiger partial charge in [-0.05, 0) is 31.0 Å². The Morgan fingerprint density at radius 2 is 1.96 bits per heavy atom. The fourth-order valence-corrected chi connectivity index (χ4v) is 2.87. The van der Waals surface area contributed by atoms with E-state index in [1.165, 1.54) is 6.07 Å². The summed E-state index contributed by atoms with van der Waals surface area (Å²) in [6.07, 6.45) is 2.65. The van der Waals surface area contributed by atoms with Gasteiger partial charge in [-0.1, -0.05) is 18.2 Å². The van der Waals surface area contributed by atoms with Crippen molar-refractivity contribution in [3.05, 3.63) is 64.3 Å². The standard InChI is InChI=1S/C18H21FN2O3/c19-15-5-1-2-6-16(15)24-13-18(23)7-10-21(11-8-18)12-14-4-3-9-20-17(14)22/h1-6,9,23H,7-8,10-13H2,(H,20,22). The summed E-state index contributed by atoms with van der Waals surface area (Å²) in [5.74, 6) is -0.272. The number of para-hydroxylation sites is 1. The highest BCUT2D eigenvalue weighted by Gasteiger charge is 2.33. The van der Waals surface area contributed by atoms with Gasteiger partial charge in [-0.15, -0.1) is 0 Å². The van der Waals surface area contributed by atoms with Crippen LogP contribution in [0.15, 0.2) is 47.4 Å². The van der Waals surface area contributed by atoms with E-state index < -0.39 is 11.4 Å². The van der Waals surface area contributed by atoms with Gasteiger partial charge in [0.1, 0.15) is 12.2 Å². The maximum atomic E-state index is 13.6. The Hall–Kier alpha value is -2.18. The highest BCUT2D eigenvalue weighted by Crippen LogP contribution is 2.25. The van der Waals surface area contributed by atoms with Crippen LogP contribution in [-0.2, 0) is 6.54 Å². The van der Waals surface area contributed by atoms with Crippen molar-refractivity contribution >= 4 is 0 Å². The third-order valence-corrected chi connectivity index (χ3v) is 4.41. The summed E-state index contributed by atoms with van der Waals surface area (Å²) in [5, 5.41) is 10.6. The number of nitrogens with zero attached hydrogens (tertiary/aromatic N) is 1. The molecule has 0 aliphatic carbocycles. The molecule has 1 aliphatic heterocycles. The van der Waals surface area contributed by atoms with Gasteiger partial charge >= 0.3 is 0 Å². The lowest BCUT2D eigenvalue weighted by atomic mass is 9.92. The maximum Gasteiger partial charge on any atom is 0.252 e. The van der Waals surface area contributed by atoms with Gasteiger partial charge in [0.2, 0.25) is 0 Å². The molecule has 0 spiro atoms. The molecule has 128 valence electrons. The van der Waals surface area contributed by atoms with E-state index in [9.17, 15) is 14.3 Å². The number of hydrogen-bond acceptors (Lipinski definition) is 4. The van der Waals surface area contributed by atoms with Crippen molar-refractivity contribution in [3.63, 3.8) is 0 Å². The number of aromatic nitrogens is 1. The van der Waals surface area contributed by atoms with Crippen LogP contribution >= 0.6 is 0 Å². The molecule has 0 radical (unpaired) electrons.